The van der Waals surface area contributed by atoms with Gasteiger partial charge in [-0.3, -0.25) is 9.83 Å². The molecule has 1 N–H and O–H groups in total. The van der Waals surface area contributed by atoms with Crippen molar-refractivity contribution in [3.05, 3.63) is 80.7 Å². The predicted molar refractivity (Wildman–Crippen MR) is 132 cm³/mol. The number of hydroxylamine groups is 1. The maximum Gasteiger partial charge on any atom is 0.156 e. The first kappa shape index (κ1) is 21.1. The van der Waals surface area contributed by atoms with Gasteiger partial charge >= 0.3 is 0 Å². The molecule has 0 radical (unpaired) electrons. The van der Waals surface area contributed by atoms with Crippen LogP contribution in [0.2, 0.25) is 0 Å². The Morgan fingerprint density at radius 3 is 2.66 bits per heavy atom. The molecule has 7 heteroatoms. The highest BCUT2D eigenvalue weighted by molar-refractivity contribution is 7.99. The van der Waals surface area contributed by atoms with Crippen molar-refractivity contribution in [3.63, 3.8) is 0 Å². The summed E-state index contributed by atoms with van der Waals surface area (Å²) < 4.78 is 0. The van der Waals surface area contributed by atoms with Gasteiger partial charge in [0.15, 0.2) is 5.84 Å². The van der Waals surface area contributed by atoms with Crippen LogP contribution in [0.1, 0.15) is 38.2 Å². The number of nitrogens with one attached hydrogen (secondary N) is 1. The molecule has 162 valence electrons. The zero-order valence-electron chi connectivity index (χ0n) is 18.5. The van der Waals surface area contributed by atoms with E-state index in [1.54, 1.807) is 23.1 Å². The van der Waals surface area contributed by atoms with E-state index in [4.69, 9.17) is 9.83 Å². The lowest BCUT2D eigenvalue weighted by Crippen LogP contribution is -2.34. The second-order valence-electron chi connectivity index (χ2n) is 7.95. The molecule has 1 aliphatic rings. The van der Waals surface area contributed by atoms with Gasteiger partial charge in [-0.25, -0.2) is 5.48 Å². The van der Waals surface area contributed by atoms with Gasteiger partial charge in [0.2, 0.25) is 0 Å². The molecule has 3 heterocycles. The number of aryl methyl sites for hydroxylation is 3. The zero-order valence-corrected chi connectivity index (χ0v) is 20.1. The number of benzene rings is 2. The Morgan fingerprint density at radius 2 is 1.84 bits per heavy atom. The van der Waals surface area contributed by atoms with E-state index in [1.807, 2.05) is 6.92 Å². The molecule has 5 nitrogen and oxygen atoms in total. The van der Waals surface area contributed by atoms with Crippen LogP contribution in [0.5, 0.6) is 0 Å². The fourth-order valence-electron chi connectivity index (χ4n) is 3.99. The number of hydrogen-bond acceptors (Lipinski definition) is 7. The van der Waals surface area contributed by atoms with Gasteiger partial charge in [-0.05, 0) is 61.7 Å². The third-order valence-corrected chi connectivity index (χ3v) is 7.79. The van der Waals surface area contributed by atoms with Crippen molar-refractivity contribution in [1.82, 2.24) is 15.7 Å². The van der Waals surface area contributed by atoms with Crippen LogP contribution in [0.4, 0.5) is 0 Å². The standard InChI is InChI=1S/C25H24N4OS2/c1-14-12-20(17(4)31-14)21-13-30-29-24(26-21)23-15(2)16(3)27-28-25(23)32-22-11-7-9-18-8-5-6-10-19(18)22/h5-12,21H,13H2,1-4H3,(H,26,29)/t21-/m1/s1. The third kappa shape index (κ3) is 3.92. The first-order valence-electron chi connectivity index (χ1n) is 10.5. The number of thiophene rings is 1. The summed E-state index contributed by atoms with van der Waals surface area (Å²) in [6.45, 7) is 8.83. The molecule has 1 atom stereocenters. The molecule has 0 amide bonds. The molecule has 2 aromatic carbocycles. The largest absolute Gasteiger partial charge is 0.272 e. The number of rotatable bonds is 4. The minimum Gasteiger partial charge on any atom is -0.272 e. The van der Waals surface area contributed by atoms with E-state index in [1.165, 1.54) is 26.1 Å². The van der Waals surface area contributed by atoms with Crippen LogP contribution in [0, 0.1) is 27.7 Å². The highest BCUT2D eigenvalue weighted by Crippen LogP contribution is 2.36. The molecular weight excluding hydrogens is 436 g/mol. The monoisotopic (exact) mass is 460 g/mol. The van der Waals surface area contributed by atoms with Crippen LogP contribution in [0.25, 0.3) is 10.8 Å². The van der Waals surface area contributed by atoms with Crippen molar-refractivity contribution in [2.24, 2.45) is 4.99 Å². The molecule has 0 unspecified atom stereocenters. The smallest absolute Gasteiger partial charge is 0.156 e. The molecule has 32 heavy (non-hydrogen) atoms. The quantitative estimate of drug-likeness (QED) is 0.399. The summed E-state index contributed by atoms with van der Waals surface area (Å²) >= 11 is 3.42. The average molecular weight is 461 g/mol. The van der Waals surface area contributed by atoms with E-state index < -0.39 is 0 Å². The van der Waals surface area contributed by atoms with Crippen LogP contribution >= 0.6 is 23.1 Å². The highest BCUT2D eigenvalue weighted by Gasteiger charge is 2.25. The molecule has 0 spiro atoms. The van der Waals surface area contributed by atoms with E-state index in [2.05, 4.69) is 85.0 Å². The minimum atomic E-state index is -0.0422. The van der Waals surface area contributed by atoms with Crippen molar-refractivity contribution < 1.29 is 4.84 Å². The third-order valence-electron chi connectivity index (χ3n) is 5.75. The molecular formula is C25H24N4OS2. The molecule has 4 aromatic rings. The summed E-state index contributed by atoms with van der Waals surface area (Å²) in [6.07, 6.45) is 0. The molecule has 0 saturated heterocycles. The summed E-state index contributed by atoms with van der Waals surface area (Å²) in [7, 11) is 0. The van der Waals surface area contributed by atoms with Crippen LogP contribution in [0.3, 0.4) is 0 Å². The summed E-state index contributed by atoms with van der Waals surface area (Å²) in [6, 6.07) is 16.9. The lowest BCUT2D eigenvalue weighted by atomic mass is 10.1. The van der Waals surface area contributed by atoms with Crippen molar-refractivity contribution >= 4 is 39.7 Å². The summed E-state index contributed by atoms with van der Waals surface area (Å²) in [5.74, 6) is 0.711. The Morgan fingerprint density at radius 1 is 1.03 bits per heavy atom. The van der Waals surface area contributed by atoms with Crippen LogP contribution in [0.15, 0.2) is 63.4 Å². The normalized spacial score (nSPS) is 16.1. The lowest BCUT2D eigenvalue weighted by Gasteiger charge is -2.24. The van der Waals surface area contributed by atoms with Gasteiger partial charge in [0.05, 0.1) is 11.3 Å². The molecule has 1 aliphatic heterocycles. The number of nitrogens with zero attached hydrogens (tertiary/aromatic N) is 3. The van der Waals surface area contributed by atoms with Gasteiger partial charge < -0.3 is 0 Å². The number of aromatic nitrogens is 2. The predicted octanol–water partition coefficient (Wildman–Crippen LogP) is 6.10. The van der Waals surface area contributed by atoms with E-state index in [-0.39, 0.29) is 6.04 Å². The number of amidine groups is 1. The molecule has 0 saturated carbocycles. The fraction of sp³-hybridized carbons (Fsp3) is 0.240. The molecule has 0 aliphatic carbocycles. The Labute approximate surface area is 195 Å². The number of fused-ring (bicyclic) bond motifs is 1. The van der Waals surface area contributed by atoms with E-state index >= 15 is 0 Å². The number of hydrogen-bond donors (Lipinski definition) is 1. The SMILES string of the molecule is Cc1cc([C@H]2CONC(c3c(Sc4cccc5ccccc45)nnc(C)c3C)=N2)c(C)s1. The molecule has 5 rings (SSSR count). The lowest BCUT2D eigenvalue weighted by molar-refractivity contribution is 0.0620. The summed E-state index contributed by atoms with van der Waals surface area (Å²) in [5.41, 5.74) is 7.18. The van der Waals surface area contributed by atoms with Crippen LogP contribution in [-0.4, -0.2) is 22.6 Å². The first-order valence-corrected chi connectivity index (χ1v) is 12.2. The van der Waals surface area contributed by atoms with E-state index in [0.717, 1.165) is 26.7 Å². The Hall–Kier alpha value is -2.74. The number of aliphatic imine (C=N–C) groups is 1. The van der Waals surface area contributed by atoms with Gasteiger partial charge in [-0.2, -0.15) is 5.10 Å². The first-order chi connectivity index (χ1) is 15.5. The van der Waals surface area contributed by atoms with Gasteiger partial charge in [0.1, 0.15) is 17.7 Å². The molecule has 0 fully saturated rings. The van der Waals surface area contributed by atoms with Gasteiger partial charge in [0, 0.05) is 14.6 Å². The fourth-order valence-corrected chi connectivity index (χ4v) is 6.06. The molecule has 0 bridgehead atoms. The second kappa shape index (κ2) is 8.65. The van der Waals surface area contributed by atoms with Gasteiger partial charge in [0.25, 0.3) is 0 Å². The van der Waals surface area contributed by atoms with Gasteiger partial charge in [-0.1, -0.05) is 48.2 Å². The zero-order chi connectivity index (χ0) is 22.2. The van der Waals surface area contributed by atoms with E-state index in [0.29, 0.717) is 12.4 Å². The maximum absolute atomic E-state index is 5.80. The van der Waals surface area contributed by atoms with Crippen molar-refractivity contribution in [2.45, 2.75) is 43.7 Å². The minimum absolute atomic E-state index is 0.0422. The topological polar surface area (TPSA) is 59.4 Å². The molecule has 2 aromatic heterocycles. The van der Waals surface area contributed by atoms with Crippen LogP contribution in [-0.2, 0) is 4.84 Å². The van der Waals surface area contributed by atoms with Crippen molar-refractivity contribution in [2.75, 3.05) is 6.61 Å². The van der Waals surface area contributed by atoms with Crippen molar-refractivity contribution in [1.29, 1.82) is 0 Å². The highest BCUT2D eigenvalue weighted by atomic mass is 32.2. The van der Waals surface area contributed by atoms with Gasteiger partial charge in [-0.15, -0.1) is 16.4 Å². The second-order valence-corrected chi connectivity index (χ2v) is 10.4. The average Bonchev–Trinajstić information content (AvgIpc) is 3.14. The Bertz CT molecular complexity index is 1340. The van der Waals surface area contributed by atoms with E-state index in [9.17, 15) is 0 Å². The Kier molecular flexibility index (Phi) is 5.71. The maximum atomic E-state index is 5.80. The summed E-state index contributed by atoms with van der Waals surface area (Å²) in [5, 5.41) is 12.2. The Balaban J connectivity index is 1.60. The van der Waals surface area contributed by atoms with Crippen LogP contribution < -0.4 is 5.48 Å². The van der Waals surface area contributed by atoms with Crippen molar-refractivity contribution in [3.8, 4) is 0 Å². The summed E-state index contributed by atoms with van der Waals surface area (Å²) in [4.78, 5) is 14.6.